The number of rotatable bonds is 2. The Labute approximate surface area is 85.7 Å². The van der Waals surface area contributed by atoms with E-state index in [1.54, 1.807) is 6.92 Å². The van der Waals surface area contributed by atoms with Gasteiger partial charge in [-0.2, -0.15) is 0 Å². The summed E-state index contributed by atoms with van der Waals surface area (Å²) in [5, 5.41) is 9.56. The van der Waals surface area contributed by atoms with Gasteiger partial charge in [0.05, 0.1) is 17.7 Å². The van der Waals surface area contributed by atoms with Crippen LogP contribution >= 0.6 is 11.8 Å². The first-order valence-corrected chi connectivity index (χ1v) is 4.95. The lowest BCUT2D eigenvalue weighted by molar-refractivity contribution is -0.137. The van der Waals surface area contributed by atoms with Gasteiger partial charge in [-0.25, -0.2) is 4.79 Å². The quantitative estimate of drug-likeness (QED) is 0.517. The minimum atomic E-state index is -1.11. The average Bonchev–Trinajstić information content (AvgIpc) is 2.34. The summed E-state index contributed by atoms with van der Waals surface area (Å²) in [5.41, 5.74) is -1.11. The number of hydrogen-bond acceptors (Lipinski definition) is 5. The number of carbonyl (C=O) groups excluding carboxylic acids is 2. The number of carbonyl (C=O) groups is 2. The lowest BCUT2D eigenvalue weighted by atomic mass is 10.5. The molecular weight excluding hydrogens is 206 g/mol. The molecule has 5 nitrogen and oxygen atoms in total. The summed E-state index contributed by atoms with van der Waals surface area (Å²) in [5.74, 6) is -0.936. The Bertz CT molecular complexity index is 289. The van der Waals surface area contributed by atoms with Crippen LogP contribution < -0.4 is 0 Å². The van der Waals surface area contributed by atoms with Crippen molar-refractivity contribution in [3.63, 3.8) is 0 Å². The molecule has 0 radical (unpaired) electrons. The summed E-state index contributed by atoms with van der Waals surface area (Å²) in [7, 11) is 1.50. The van der Waals surface area contributed by atoms with Crippen molar-refractivity contribution in [3.05, 3.63) is 11.1 Å². The van der Waals surface area contributed by atoms with Crippen molar-refractivity contribution in [2.75, 3.05) is 13.7 Å². The first kappa shape index (κ1) is 11.1. The van der Waals surface area contributed by atoms with Crippen molar-refractivity contribution in [2.24, 2.45) is 0 Å². The molecule has 1 N–H and O–H groups in total. The smallest absolute Gasteiger partial charge is 0.333 e. The monoisotopic (exact) mass is 217 g/mol. The second-order valence-electron chi connectivity index (χ2n) is 2.60. The molecule has 78 valence electrons. The Morgan fingerprint density at radius 1 is 1.79 bits per heavy atom. The third-order valence-electron chi connectivity index (χ3n) is 1.63. The molecule has 1 heterocycles. The number of hydrogen-bond donors (Lipinski definition) is 1. The van der Waals surface area contributed by atoms with Crippen molar-refractivity contribution >= 4 is 23.6 Å². The number of aliphatic hydroxyl groups excluding tert-OH is 1. The normalized spacial score (nSPS) is 24.5. The lowest BCUT2D eigenvalue weighted by Crippen LogP contribution is -2.24. The minimum absolute atomic E-state index is 0.285. The van der Waals surface area contributed by atoms with Gasteiger partial charge in [-0.3, -0.25) is 4.79 Å². The summed E-state index contributed by atoms with van der Waals surface area (Å²) < 4.78 is 4.67. The molecule has 0 aliphatic carbocycles. The average molecular weight is 217 g/mol. The highest BCUT2D eigenvalue weighted by Gasteiger charge is 2.32. The van der Waals surface area contributed by atoms with Gasteiger partial charge in [0.25, 0.3) is 5.91 Å². The molecule has 1 aliphatic rings. The second kappa shape index (κ2) is 4.47. The van der Waals surface area contributed by atoms with E-state index in [0.29, 0.717) is 5.03 Å². The molecule has 1 rings (SSSR count). The molecular formula is C8H11NO4S. The van der Waals surface area contributed by atoms with Crippen LogP contribution in [0.3, 0.4) is 0 Å². The molecule has 1 fully saturated rings. The fourth-order valence-electron chi connectivity index (χ4n) is 0.934. The molecule has 1 unspecified atom stereocenters. The predicted octanol–water partition coefficient (Wildman–Crippen LogP) is -0.0855. The molecule has 6 heteroatoms. The number of nitrogens with zero attached hydrogens (tertiary/aromatic N) is 1. The zero-order valence-corrected chi connectivity index (χ0v) is 8.71. The van der Waals surface area contributed by atoms with Crippen LogP contribution in [0.1, 0.15) is 6.92 Å². The Hall–Kier alpha value is -1.01. The third-order valence-corrected chi connectivity index (χ3v) is 2.69. The molecule has 1 aliphatic heterocycles. The molecule has 0 spiro atoms. The molecule has 0 aromatic rings. The molecule has 0 saturated carbocycles. The number of aliphatic hydroxyl groups is 1. The van der Waals surface area contributed by atoms with Crippen molar-refractivity contribution in [2.45, 2.75) is 12.4 Å². The standard InChI is InChI=1S/C8H11NO4S/c1-3-13-6(10)4-5-9(2)7(11)8(12)14-5/h4,8,12H,3H2,1-2H3/b5-4-. The summed E-state index contributed by atoms with van der Waals surface area (Å²) >= 11 is 0.928. The highest BCUT2D eigenvalue weighted by molar-refractivity contribution is 8.04. The van der Waals surface area contributed by atoms with Crippen molar-refractivity contribution in [1.29, 1.82) is 0 Å². The molecule has 1 atom stereocenters. The first-order chi connectivity index (χ1) is 6.56. The third kappa shape index (κ3) is 2.27. The van der Waals surface area contributed by atoms with Crippen LogP contribution in [0.25, 0.3) is 0 Å². The molecule has 0 aromatic carbocycles. The number of esters is 1. The van der Waals surface area contributed by atoms with Gasteiger partial charge in [0.1, 0.15) is 0 Å². The summed E-state index contributed by atoms with van der Waals surface area (Å²) in [6.45, 7) is 1.98. The van der Waals surface area contributed by atoms with Gasteiger partial charge >= 0.3 is 5.97 Å². The molecule has 1 amide bonds. The van der Waals surface area contributed by atoms with Crippen LogP contribution in [0.15, 0.2) is 11.1 Å². The van der Waals surface area contributed by atoms with Crippen molar-refractivity contribution in [1.82, 2.24) is 4.90 Å². The van der Waals surface area contributed by atoms with E-state index in [4.69, 9.17) is 5.11 Å². The van der Waals surface area contributed by atoms with Crippen LogP contribution in [0.4, 0.5) is 0 Å². The molecule has 0 aromatic heterocycles. The number of amides is 1. The highest BCUT2D eigenvalue weighted by atomic mass is 32.2. The van der Waals surface area contributed by atoms with Crippen LogP contribution in [-0.2, 0) is 14.3 Å². The van der Waals surface area contributed by atoms with E-state index in [9.17, 15) is 9.59 Å². The van der Waals surface area contributed by atoms with E-state index >= 15 is 0 Å². The van der Waals surface area contributed by atoms with E-state index in [1.165, 1.54) is 18.0 Å². The first-order valence-electron chi connectivity index (χ1n) is 4.07. The van der Waals surface area contributed by atoms with Crippen molar-refractivity contribution < 1.29 is 19.4 Å². The summed E-state index contributed by atoms with van der Waals surface area (Å²) in [4.78, 5) is 23.4. The Kier molecular flexibility index (Phi) is 3.54. The van der Waals surface area contributed by atoms with Crippen LogP contribution in [0, 0.1) is 0 Å². The SMILES string of the molecule is CCOC(=O)/C=C1\SC(O)C(=O)N1C. The van der Waals surface area contributed by atoms with Gasteiger partial charge in [-0.1, -0.05) is 11.8 Å². The van der Waals surface area contributed by atoms with E-state index in [-0.39, 0.29) is 6.61 Å². The van der Waals surface area contributed by atoms with Gasteiger partial charge in [-0.05, 0) is 6.92 Å². The minimum Gasteiger partial charge on any atom is -0.463 e. The summed E-state index contributed by atoms with van der Waals surface area (Å²) in [6.07, 6.45) is 1.20. The Morgan fingerprint density at radius 2 is 2.43 bits per heavy atom. The van der Waals surface area contributed by atoms with E-state index in [2.05, 4.69) is 4.74 Å². The zero-order chi connectivity index (χ0) is 10.7. The van der Waals surface area contributed by atoms with E-state index < -0.39 is 17.3 Å². The van der Waals surface area contributed by atoms with Crippen LogP contribution in [0.5, 0.6) is 0 Å². The fraction of sp³-hybridized carbons (Fsp3) is 0.500. The van der Waals surface area contributed by atoms with E-state index in [0.717, 1.165) is 11.8 Å². The van der Waals surface area contributed by atoms with Gasteiger partial charge < -0.3 is 14.7 Å². The van der Waals surface area contributed by atoms with Gasteiger partial charge in [-0.15, -0.1) is 0 Å². The van der Waals surface area contributed by atoms with Gasteiger partial charge in [0.15, 0.2) is 5.44 Å². The maximum absolute atomic E-state index is 11.1. The number of likely N-dealkylation sites (N-methyl/N-ethyl adjacent to an activating group) is 1. The molecule has 0 bridgehead atoms. The maximum Gasteiger partial charge on any atom is 0.333 e. The largest absolute Gasteiger partial charge is 0.463 e. The number of ether oxygens (including phenoxy) is 1. The Morgan fingerprint density at radius 3 is 2.86 bits per heavy atom. The second-order valence-corrected chi connectivity index (χ2v) is 3.70. The van der Waals surface area contributed by atoms with E-state index in [1.807, 2.05) is 0 Å². The topological polar surface area (TPSA) is 66.8 Å². The highest BCUT2D eigenvalue weighted by Crippen LogP contribution is 2.31. The predicted molar refractivity (Wildman–Crippen MR) is 51.1 cm³/mol. The lowest BCUT2D eigenvalue weighted by Gasteiger charge is -2.07. The summed E-state index contributed by atoms with van der Waals surface area (Å²) in [6, 6.07) is 0. The maximum atomic E-state index is 11.1. The van der Waals surface area contributed by atoms with Crippen LogP contribution in [0.2, 0.25) is 0 Å². The Balaban J connectivity index is 2.70. The van der Waals surface area contributed by atoms with Gasteiger partial charge in [0.2, 0.25) is 0 Å². The number of thioether (sulfide) groups is 1. The zero-order valence-electron chi connectivity index (χ0n) is 7.89. The fourth-order valence-corrected chi connectivity index (χ4v) is 1.83. The molecule has 1 saturated heterocycles. The van der Waals surface area contributed by atoms with Crippen molar-refractivity contribution in [3.8, 4) is 0 Å². The van der Waals surface area contributed by atoms with Crippen LogP contribution in [-0.4, -0.2) is 41.0 Å². The van der Waals surface area contributed by atoms with Gasteiger partial charge in [0, 0.05) is 7.05 Å². The molecule has 14 heavy (non-hydrogen) atoms.